The number of ether oxygens (including phenoxy) is 2. The van der Waals surface area contributed by atoms with Crippen LogP contribution in [-0.4, -0.2) is 74.1 Å². The molecule has 1 aliphatic rings. The fourth-order valence-electron chi connectivity index (χ4n) is 2.41. The molecule has 0 saturated carbocycles. The SMILES string of the molecule is C[C@@H](O[C@@H]1O[C@H](CO)[C@@H](O)[C@H](O)[C@H]1O)[C@H](O)c1ccc(O)cc1. The van der Waals surface area contributed by atoms with E-state index in [2.05, 4.69) is 0 Å². The van der Waals surface area contributed by atoms with Crippen LogP contribution in [0.5, 0.6) is 5.75 Å². The monoisotopic (exact) mass is 330 g/mol. The number of phenolic OH excluding ortho intramolecular Hbond substituents is 1. The van der Waals surface area contributed by atoms with E-state index in [9.17, 15) is 25.5 Å². The molecular formula is C15H22O8. The molecule has 2 rings (SSSR count). The molecule has 8 heteroatoms. The van der Waals surface area contributed by atoms with E-state index < -0.39 is 49.5 Å². The third-order valence-corrected chi connectivity index (χ3v) is 3.88. The summed E-state index contributed by atoms with van der Waals surface area (Å²) >= 11 is 0. The van der Waals surface area contributed by atoms with Crippen LogP contribution in [0.4, 0.5) is 0 Å². The normalized spacial score (nSPS) is 34.1. The zero-order chi connectivity index (χ0) is 17.1. The van der Waals surface area contributed by atoms with Crippen molar-refractivity contribution >= 4 is 0 Å². The zero-order valence-electron chi connectivity index (χ0n) is 12.6. The van der Waals surface area contributed by atoms with E-state index in [4.69, 9.17) is 14.6 Å². The Bertz CT molecular complexity index is 491. The van der Waals surface area contributed by atoms with Gasteiger partial charge in [0.1, 0.15) is 36.3 Å². The van der Waals surface area contributed by atoms with Crippen LogP contribution in [0.25, 0.3) is 0 Å². The summed E-state index contributed by atoms with van der Waals surface area (Å²) in [5.74, 6) is 0.0588. The average Bonchev–Trinajstić information content (AvgIpc) is 2.55. The van der Waals surface area contributed by atoms with E-state index in [0.29, 0.717) is 5.56 Å². The number of aromatic hydroxyl groups is 1. The third kappa shape index (κ3) is 3.99. The summed E-state index contributed by atoms with van der Waals surface area (Å²) in [4.78, 5) is 0. The fraction of sp³-hybridized carbons (Fsp3) is 0.600. The van der Waals surface area contributed by atoms with Crippen LogP contribution < -0.4 is 0 Å². The molecule has 23 heavy (non-hydrogen) atoms. The maximum Gasteiger partial charge on any atom is 0.187 e. The van der Waals surface area contributed by atoms with Crippen molar-refractivity contribution in [3.63, 3.8) is 0 Å². The first-order valence-electron chi connectivity index (χ1n) is 7.28. The number of rotatable bonds is 5. The smallest absolute Gasteiger partial charge is 0.187 e. The average molecular weight is 330 g/mol. The summed E-state index contributed by atoms with van der Waals surface area (Å²) in [6.45, 7) is 0.985. The minimum Gasteiger partial charge on any atom is -0.508 e. The van der Waals surface area contributed by atoms with Gasteiger partial charge in [0.25, 0.3) is 0 Å². The summed E-state index contributed by atoms with van der Waals surface area (Å²) in [6, 6.07) is 5.87. The first kappa shape index (κ1) is 18.1. The second-order valence-corrected chi connectivity index (χ2v) is 5.57. The third-order valence-electron chi connectivity index (χ3n) is 3.88. The van der Waals surface area contributed by atoms with Crippen LogP contribution in [0.15, 0.2) is 24.3 Å². The van der Waals surface area contributed by atoms with Gasteiger partial charge in [-0.05, 0) is 24.6 Å². The predicted molar refractivity (Wildman–Crippen MR) is 77.4 cm³/mol. The van der Waals surface area contributed by atoms with Crippen molar-refractivity contribution in [2.75, 3.05) is 6.61 Å². The van der Waals surface area contributed by atoms with Crippen molar-refractivity contribution in [1.82, 2.24) is 0 Å². The van der Waals surface area contributed by atoms with Gasteiger partial charge in [0.2, 0.25) is 0 Å². The lowest BCUT2D eigenvalue weighted by molar-refractivity contribution is -0.315. The second kappa shape index (κ2) is 7.54. The lowest BCUT2D eigenvalue weighted by atomic mass is 9.99. The molecule has 0 aliphatic carbocycles. The van der Waals surface area contributed by atoms with E-state index in [0.717, 1.165) is 0 Å². The van der Waals surface area contributed by atoms with Crippen molar-refractivity contribution in [3.8, 4) is 5.75 Å². The Labute approximate surface area is 133 Å². The van der Waals surface area contributed by atoms with E-state index >= 15 is 0 Å². The van der Waals surface area contributed by atoms with Gasteiger partial charge < -0.3 is 40.1 Å². The van der Waals surface area contributed by atoms with Crippen molar-refractivity contribution in [2.45, 2.75) is 49.8 Å². The minimum absolute atomic E-state index is 0.0588. The van der Waals surface area contributed by atoms with Gasteiger partial charge in [0.05, 0.1) is 12.7 Å². The summed E-state index contributed by atoms with van der Waals surface area (Å²) < 4.78 is 10.7. The molecule has 1 heterocycles. The fourth-order valence-corrected chi connectivity index (χ4v) is 2.41. The number of benzene rings is 1. The van der Waals surface area contributed by atoms with Gasteiger partial charge in [0, 0.05) is 0 Å². The Balaban J connectivity index is 2.03. The van der Waals surface area contributed by atoms with Crippen LogP contribution in [0.1, 0.15) is 18.6 Å². The van der Waals surface area contributed by atoms with Gasteiger partial charge >= 0.3 is 0 Å². The Morgan fingerprint density at radius 1 is 1.09 bits per heavy atom. The van der Waals surface area contributed by atoms with Crippen molar-refractivity contribution in [1.29, 1.82) is 0 Å². The van der Waals surface area contributed by atoms with Gasteiger partial charge in [-0.1, -0.05) is 12.1 Å². The molecule has 8 nitrogen and oxygen atoms in total. The maximum atomic E-state index is 10.2. The first-order valence-corrected chi connectivity index (χ1v) is 7.28. The molecule has 0 amide bonds. The highest BCUT2D eigenvalue weighted by Gasteiger charge is 2.44. The van der Waals surface area contributed by atoms with E-state index in [-0.39, 0.29) is 5.75 Å². The molecule has 1 aliphatic heterocycles. The maximum absolute atomic E-state index is 10.2. The van der Waals surface area contributed by atoms with Crippen LogP contribution >= 0.6 is 0 Å². The number of aliphatic hydroxyl groups excluding tert-OH is 5. The summed E-state index contributed by atoms with van der Waals surface area (Å²) in [5, 5.41) is 57.9. The molecular weight excluding hydrogens is 308 g/mol. The minimum atomic E-state index is -1.54. The Hall–Kier alpha value is -1.26. The molecule has 0 unspecified atom stereocenters. The molecule has 0 radical (unpaired) electrons. The molecule has 7 atom stereocenters. The molecule has 1 aromatic carbocycles. The van der Waals surface area contributed by atoms with Gasteiger partial charge in [-0.2, -0.15) is 0 Å². The number of phenols is 1. The molecule has 0 aromatic heterocycles. The highest BCUT2D eigenvalue weighted by atomic mass is 16.7. The lowest BCUT2D eigenvalue weighted by Crippen LogP contribution is -2.59. The summed E-state index contributed by atoms with van der Waals surface area (Å²) in [7, 11) is 0. The molecule has 6 N–H and O–H groups in total. The molecule has 1 aromatic rings. The van der Waals surface area contributed by atoms with Crippen LogP contribution in [0, 0.1) is 0 Å². The van der Waals surface area contributed by atoms with E-state index in [1.54, 1.807) is 6.92 Å². The Morgan fingerprint density at radius 3 is 2.26 bits per heavy atom. The number of aliphatic hydroxyl groups is 5. The van der Waals surface area contributed by atoms with Gasteiger partial charge in [-0.15, -0.1) is 0 Å². The standard InChI is InChI=1S/C15H22O8/c1-7(11(18)8-2-4-9(17)5-3-8)22-15-14(21)13(20)12(19)10(6-16)23-15/h2-5,7,10-21H,6H2,1H3/t7-,10-,11+,12-,13+,14-,15-/m1/s1. The molecule has 1 fully saturated rings. The van der Waals surface area contributed by atoms with Crippen molar-refractivity contribution in [2.24, 2.45) is 0 Å². The highest BCUT2D eigenvalue weighted by molar-refractivity contribution is 5.27. The van der Waals surface area contributed by atoms with Gasteiger partial charge in [-0.25, -0.2) is 0 Å². The topological polar surface area (TPSA) is 140 Å². The van der Waals surface area contributed by atoms with Crippen LogP contribution in [-0.2, 0) is 9.47 Å². The molecule has 0 bridgehead atoms. The van der Waals surface area contributed by atoms with Gasteiger partial charge in [0.15, 0.2) is 6.29 Å². The highest BCUT2D eigenvalue weighted by Crippen LogP contribution is 2.27. The predicted octanol–water partition coefficient (Wildman–Crippen LogP) is -1.37. The summed E-state index contributed by atoms with van der Waals surface area (Å²) in [6.07, 6.45) is -8.80. The van der Waals surface area contributed by atoms with Crippen LogP contribution in [0.3, 0.4) is 0 Å². The second-order valence-electron chi connectivity index (χ2n) is 5.57. The number of hydrogen-bond donors (Lipinski definition) is 6. The molecule has 1 saturated heterocycles. The molecule has 0 spiro atoms. The summed E-state index contributed by atoms with van der Waals surface area (Å²) in [5.41, 5.74) is 0.486. The first-order chi connectivity index (χ1) is 10.8. The number of hydrogen-bond acceptors (Lipinski definition) is 8. The van der Waals surface area contributed by atoms with Crippen molar-refractivity contribution in [3.05, 3.63) is 29.8 Å². The molecule has 130 valence electrons. The quantitative estimate of drug-likeness (QED) is 0.389. The van der Waals surface area contributed by atoms with Crippen molar-refractivity contribution < 1.29 is 40.1 Å². The van der Waals surface area contributed by atoms with E-state index in [1.165, 1.54) is 24.3 Å². The van der Waals surface area contributed by atoms with E-state index in [1.807, 2.05) is 0 Å². The lowest BCUT2D eigenvalue weighted by Gasteiger charge is -2.41. The largest absolute Gasteiger partial charge is 0.508 e. The Kier molecular flexibility index (Phi) is 5.93. The zero-order valence-corrected chi connectivity index (χ0v) is 12.6. The van der Waals surface area contributed by atoms with Gasteiger partial charge in [-0.3, -0.25) is 0 Å². The Morgan fingerprint density at radius 2 is 1.70 bits per heavy atom. The van der Waals surface area contributed by atoms with Crippen LogP contribution in [0.2, 0.25) is 0 Å².